The van der Waals surface area contributed by atoms with Gasteiger partial charge in [0, 0.05) is 31.9 Å². The summed E-state index contributed by atoms with van der Waals surface area (Å²) in [5, 5.41) is 19.0. The van der Waals surface area contributed by atoms with Gasteiger partial charge in [-0.3, -0.25) is 0 Å². The number of rotatable bonds is 2. The zero-order valence-corrected chi connectivity index (χ0v) is 10.8. The molecule has 0 aliphatic rings. The van der Waals surface area contributed by atoms with Crippen LogP contribution < -0.4 is 15.0 Å². The number of nitrogens with one attached hydrogen (secondary N) is 1. The molecule has 0 radical (unpaired) electrons. The molecule has 1 heterocycles. The van der Waals surface area contributed by atoms with Crippen molar-refractivity contribution in [3.8, 4) is 5.75 Å². The standard InChI is InChI=1S/C7H10N2.C7H6O3/c1-9(2)7-3-5-8-6-4-7;8-6-4-2-1-3-5(6)7(9)10/h3-6H,1-2H3;1-4,8H,(H,9,10). The van der Waals surface area contributed by atoms with Crippen molar-refractivity contribution in [2.24, 2.45) is 0 Å². The number of H-pyrrole nitrogens is 1. The van der Waals surface area contributed by atoms with E-state index in [1.165, 1.54) is 30.0 Å². The fraction of sp³-hybridized carbons (Fsp3) is 0.143. The maximum atomic E-state index is 10.7. The number of aromatic nitrogens is 1. The highest BCUT2D eigenvalue weighted by atomic mass is 16.4. The van der Waals surface area contributed by atoms with E-state index in [2.05, 4.69) is 9.88 Å². The molecule has 0 spiro atoms. The molecule has 0 unspecified atom stereocenters. The lowest BCUT2D eigenvalue weighted by molar-refractivity contribution is -0.377. The summed E-state index contributed by atoms with van der Waals surface area (Å²) >= 11 is 0. The summed E-state index contributed by atoms with van der Waals surface area (Å²) in [6.07, 6.45) is 3.82. The SMILES string of the molecule is CN(C)c1cc[nH+]cc1.O=C(O)c1ccccc1[O-]. The molecule has 1 aromatic heterocycles. The van der Waals surface area contributed by atoms with Crippen LogP contribution in [0.3, 0.4) is 0 Å². The Morgan fingerprint density at radius 2 is 1.74 bits per heavy atom. The van der Waals surface area contributed by atoms with Crippen molar-refractivity contribution < 1.29 is 20.0 Å². The molecule has 2 rings (SSSR count). The van der Waals surface area contributed by atoms with Crippen LogP contribution in [0.2, 0.25) is 0 Å². The third kappa shape index (κ3) is 4.67. The van der Waals surface area contributed by atoms with Crippen LogP contribution >= 0.6 is 0 Å². The number of aromatic carboxylic acids is 1. The van der Waals surface area contributed by atoms with E-state index in [0.29, 0.717) is 0 Å². The molecular weight excluding hydrogens is 244 g/mol. The van der Waals surface area contributed by atoms with Crippen LogP contribution in [0.4, 0.5) is 5.69 Å². The summed E-state index contributed by atoms with van der Waals surface area (Å²) in [4.78, 5) is 15.2. The topological polar surface area (TPSA) is 77.7 Å². The molecule has 0 saturated carbocycles. The van der Waals surface area contributed by atoms with Crippen molar-refractivity contribution in [3.63, 3.8) is 0 Å². The van der Waals surface area contributed by atoms with Gasteiger partial charge in [0.15, 0.2) is 12.4 Å². The molecule has 2 N–H and O–H groups in total. The lowest BCUT2D eigenvalue weighted by Gasteiger charge is -2.08. The molecule has 5 nitrogen and oxygen atoms in total. The highest BCUT2D eigenvalue weighted by molar-refractivity contribution is 5.90. The number of hydrogen-bond donors (Lipinski definition) is 1. The maximum absolute atomic E-state index is 10.7. The average molecular weight is 260 g/mol. The van der Waals surface area contributed by atoms with Crippen LogP contribution in [0.5, 0.6) is 5.75 Å². The van der Waals surface area contributed by atoms with E-state index in [0.717, 1.165) is 0 Å². The van der Waals surface area contributed by atoms with Crippen LogP contribution in [0.15, 0.2) is 48.8 Å². The zero-order valence-electron chi connectivity index (χ0n) is 10.8. The summed E-state index contributed by atoms with van der Waals surface area (Å²) in [7, 11) is 4.05. The van der Waals surface area contributed by atoms with Gasteiger partial charge >= 0.3 is 5.97 Å². The van der Waals surface area contributed by atoms with Crippen molar-refractivity contribution in [2.75, 3.05) is 19.0 Å². The second kappa shape index (κ2) is 7.00. The average Bonchev–Trinajstić information content (AvgIpc) is 2.40. The smallest absolute Gasteiger partial charge is 0.335 e. The van der Waals surface area contributed by atoms with Gasteiger partial charge in [-0.15, -0.1) is 0 Å². The summed E-state index contributed by atoms with van der Waals surface area (Å²) < 4.78 is 0. The van der Waals surface area contributed by atoms with Gasteiger partial charge in [-0.25, -0.2) is 9.78 Å². The number of para-hydroxylation sites is 1. The van der Waals surface area contributed by atoms with Crippen LogP contribution in [-0.2, 0) is 0 Å². The van der Waals surface area contributed by atoms with E-state index in [1.54, 1.807) is 0 Å². The third-order valence-electron chi connectivity index (χ3n) is 2.33. The van der Waals surface area contributed by atoms with E-state index in [4.69, 9.17) is 5.11 Å². The number of benzene rings is 1. The Bertz CT molecular complexity index is 527. The Balaban J connectivity index is 0.000000191. The van der Waals surface area contributed by atoms with Crippen molar-refractivity contribution in [3.05, 3.63) is 54.4 Å². The van der Waals surface area contributed by atoms with E-state index in [1.807, 2.05) is 38.6 Å². The maximum Gasteiger partial charge on any atom is 0.335 e. The number of aromatic amines is 1. The van der Waals surface area contributed by atoms with Crippen LogP contribution in [0, 0.1) is 0 Å². The fourth-order valence-electron chi connectivity index (χ4n) is 1.32. The van der Waals surface area contributed by atoms with Crippen LogP contribution in [-0.4, -0.2) is 25.2 Å². The number of nitrogens with zero attached hydrogens (tertiary/aromatic N) is 1. The first-order chi connectivity index (χ1) is 9.02. The van der Waals surface area contributed by atoms with Gasteiger partial charge in [-0.1, -0.05) is 23.9 Å². The normalized spacial score (nSPS) is 9.16. The molecule has 0 amide bonds. The van der Waals surface area contributed by atoms with E-state index in [-0.39, 0.29) is 5.56 Å². The minimum atomic E-state index is -1.18. The Labute approximate surface area is 111 Å². The van der Waals surface area contributed by atoms with Crippen molar-refractivity contribution >= 4 is 11.7 Å². The number of carboxylic acids is 1. The number of hydrogen-bond acceptors (Lipinski definition) is 3. The number of carboxylic acid groups (broad SMARTS) is 1. The quantitative estimate of drug-likeness (QED) is 0.874. The Morgan fingerprint density at radius 3 is 2.11 bits per heavy atom. The first kappa shape index (κ1) is 14.5. The lowest BCUT2D eigenvalue weighted by atomic mass is 10.2. The molecular formula is C14H16N2O3. The molecule has 0 fully saturated rings. The van der Waals surface area contributed by atoms with Gasteiger partial charge in [0.2, 0.25) is 0 Å². The highest BCUT2D eigenvalue weighted by Crippen LogP contribution is 2.10. The zero-order chi connectivity index (χ0) is 14.3. The second-order valence-electron chi connectivity index (χ2n) is 3.95. The first-order valence-electron chi connectivity index (χ1n) is 5.65. The predicted octanol–water partition coefficient (Wildman–Crippen LogP) is 1.03. The van der Waals surface area contributed by atoms with E-state index in [9.17, 15) is 9.90 Å². The molecule has 0 saturated heterocycles. The number of pyridine rings is 1. The largest absolute Gasteiger partial charge is 0.872 e. The summed E-state index contributed by atoms with van der Waals surface area (Å²) in [6, 6.07) is 9.59. The molecule has 0 aliphatic carbocycles. The molecule has 0 atom stereocenters. The monoisotopic (exact) mass is 260 g/mol. The number of anilines is 1. The van der Waals surface area contributed by atoms with Gasteiger partial charge in [0.25, 0.3) is 0 Å². The van der Waals surface area contributed by atoms with Gasteiger partial charge in [0.05, 0.1) is 5.56 Å². The Hall–Kier alpha value is -2.56. The van der Waals surface area contributed by atoms with E-state index < -0.39 is 11.7 Å². The van der Waals surface area contributed by atoms with Gasteiger partial charge in [-0.2, -0.15) is 0 Å². The van der Waals surface area contributed by atoms with Gasteiger partial charge in [0.1, 0.15) is 0 Å². The predicted molar refractivity (Wildman–Crippen MR) is 70.2 cm³/mol. The molecule has 5 heteroatoms. The Kier molecular flexibility index (Phi) is 5.35. The molecule has 0 aliphatic heterocycles. The molecule has 1 aromatic carbocycles. The fourth-order valence-corrected chi connectivity index (χ4v) is 1.32. The summed E-state index contributed by atoms with van der Waals surface area (Å²) in [5.74, 6) is -1.62. The Morgan fingerprint density at radius 1 is 1.16 bits per heavy atom. The number of carbonyl (C=O) groups is 1. The van der Waals surface area contributed by atoms with Crippen molar-refractivity contribution in [1.82, 2.24) is 0 Å². The summed E-state index contributed by atoms with van der Waals surface area (Å²) in [6.45, 7) is 0. The molecule has 100 valence electrons. The highest BCUT2D eigenvalue weighted by Gasteiger charge is 1.99. The lowest BCUT2D eigenvalue weighted by Crippen LogP contribution is -2.10. The minimum Gasteiger partial charge on any atom is -0.872 e. The van der Waals surface area contributed by atoms with Gasteiger partial charge in [-0.05, 0) is 6.07 Å². The summed E-state index contributed by atoms with van der Waals surface area (Å²) in [5.41, 5.74) is 1.04. The second-order valence-corrected chi connectivity index (χ2v) is 3.95. The molecule has 2 aromatic rings. The van der Waals surface area contributed by atoms with Crippen LogP contribution in [0.25, 0.3) is 0 Å². The third-order valence-corrected chi connectivity index (χ3v) is 2.33. The van der Waals surface area contributed by atoms with Crippen molar-refractivity contribution in [1.29, 1.82) is 0 Å². The van der Waals surface area contributed by atoms with Crippen LogP contribution in [0.1, 0.15) is 10.4 Å². The molecule has 19 heavy (non-hydrogen) atoms. The van der Waals surface area contributed by atoms with Gasteiger partial charge < -0.3 is 15.1 Å². The molecule has 0 bridgehead atoms. The van der Waals surface area contributed by atoms with E-state index >= 15 is 0 Å². The minimum absolute atomic E-state index is 0.178. The van der Waals surface area contributed by atoms with Crippen molar-refractivity contribution in [2.45, 2.75) is 0 Å². The first-order valence-corrected chi connectivity index (χ1v) is 5.65.